The third kappa shape index (κ3) is 2.49. The molecule has 0 unspecified atom stereocenters. The molecule has 0 spiro atoms. The number of aromatic amines is 1. The number of nitrogen functional groups attached to an aromatic ring is 1. The van der Waals surface area contributed by atoms with E-state index in [-0.39, 0.29) is 0 Å². The van der Waals surface area contributed by atoms with Crippen molar-refractivity contribution in [1.29, 1.82) is 0 Å². The lowest BCUT2D eigenvalue weighted by Crippen LogP contribution is -1.97. The minimum atomic E-state index is 0.312. The third-order valence-corrected chi connectivity index (χ3v) is 5.34. The molecular formula is C18H11ClN6S. The van der Waals surface area contributed by atoms with Crippen molar-refractivity contribution in [2.75, 3.05) is 5.73 Å². The lowest BCUT2D eigenvalue weighted by atomic mass is 10.2. The Morgan fingerprint density at radius 2 is 1.96 bits per heavy atom. The number of hydrogen-bond donors (Lipinski definition) is 2. The molecule has 0 amide bonds. The van der Waals surface area contributed by atoms with Crippen LogP contribution in [0.2, 0.25) is 5.15 Å². The van der Waals surface area contributed by atoms with Gasteiger partial charge in [-0.05, 0) is 17.5 Å². The first-order chi connectivity index (χ1) is 12.7. The van der Waals surface area contributed by atoms with Gasteiger partial charge >= 0.3 is 0 Å². The molecule has 0 fully saturated rings. The summed E-state index contributed by atoms with van der Waals surface area (Å²) in [6, 6.07) is 12.1. The van der Waals surface area contributed by atoms with Crippen LogP contribution in [-0.4, -0.2) is 24.9 Å². The molecule has 4 aromatic heterocycles. The van der Waals surface area contributed by atoms with Gasteiger partial charge in [0.15, 0.2) is 11.5 Å². The average molecular weight is 379 g/mol. The number of H-pyrrole nitrogens is 1. The van der Waals surface area contributed by atoms with E-state index in [9.17, 15) is 0 Å². The van der Waals surface area contributed by atoms with E-state index in [4.69, 9.17) is 22.3 Å². The van der Waals surface area contributed by atoms with E-state index in [1.54, 1.807) is 23.6 Å². The van der Waals surface area contributed by atoms with Crippen LogP contribution in [0.25, 0.3) is 43.2 Å². The Bertz CT molecular complexity index is 1240. The van der Waals surface area contributed by atoms with Crippen LogP contribution in [0.3, 0.4) is 0 Å². The van der Waals surface area contributed by atoms with Crippen molar-refractivity contribution >= 4 is 50.0 Å². The van der Waals surface area contributed by atoms with E-state index in [1.165, 1.54) is 16.3 Å². The molecule has 0 radical (unpaired) electrons. The second kappa shape index (κ2) is 5.76. The van der Waals surface area contributed by atoms with Crippen LogP contribution in [0.4, 0.5) is 5.82 Å². The van der Waals surface area contributed by atoms with E-state index in [2.05, 4.69) is 38.1 Å². The van der Waals surface area contributed by atoms with Gasteiger partial charge in [-0.25, -0.2) is 19.9 Å². The minimum Gasteiger partial charge on any atom is -0.384 e. The summed E-state index contributed by atoms with van der Waals surface area (Å²) in [7, 11) is 0. The van der Waals surface area contributed by atoms with Crippen molar-refractivity contribution < 1.29 is 0 Å². The van der Waals surface area contributed by atoms with Gasteiger partial charge in [-0.2, -0.15) is 0 Å². The number of aromatic nitrogens is 5. The zero-order valence-electron chi connectivity index (χ0n) is 13.3. The van der Waals surface area contributed by atoms with Crippen LogP contribution >= 0.6 is 22.9 Å². The highest BCUT2D eigenvalue weighted by atomic mass is 35.5. The van der Waals surface area contributed by atoms with Crippen LogP contribution in [0, 0.1) is 0 Å². The van der Waals surface area contributed by atoms with Gasteiger partial charge in [0.25, 0.3) is 0 Å². The first-order valence-corrected chi connectivity index (χ1v) is 9.00. The highest BCUT2D eigenvalue weighted by Gasteiger charge is 2.15. The van der Waals surface area contributed by atoms with Crippen LogP contribution in [0.5, 0.6) is 0 Å². The van der Waals surface area contributed by atoms with Crippen molar-refractivity contribution in [3.8, 4) is 22.0 Å². The molecule has 0 aliphatic heterocycles. The molecular weight excluding hydrogens is 368 g/mol. The predicted molar refractivity (Wildman–Crippen MR) is 105 cm³/mol. The summed E-state index contributed by atoms with van der Waals surface area (Å²) in [4.78, 5) is 21.7. The lowest BCUT2D eigenvalue weighted by Gasteiger charge is -2.03. The quantitative estimate of drug-likeness (QED) is 0.470. The summed E-state index contributed by atoms with van der Waals surface area (Å²) in [6.45, 7) is 0. The second-order valence-electron chi connectivity index (χ2n) is 5.74. The molecule has 5 aromatic rings. The van der Waals surface area contributed by atoms with Crippen molar-refractivity contribution in [2.45, 2.75) is 0 Å². The average Bonchev–Trinajstić information content (AvgIpc) is 3.24. The van der Waals surface area contributed by atoms with Gasteiger partial charge in [0.05, 0.1) is 22.3 Å². The molecule has 0 bridgehead atoms. The highest BCUT2D eigenvalue weighted by molar-refractivity contribution is 7.22. The van der Waals surface area contributed by atoms with E-state index in [1.807, 2.05) is 12.1 Å². The molecule has 0 aliphatic rings. The van der Waals surface area contributed by atoms with E-state index < -0.39 is 0 Å². The third-order valence-electron chi connectivity index (χ3n) is 4.02. The second-order valence-corrected chi connectivity index (χ2v) is 7.21. The molecule has 4 heterocycles. The van der Waals surface area contributed by atoms with Crippen LogP contribution in [0.1, 0.15) is 0 Å². The maximum Gasteiger partial charge on any atom is 0.165 e. The monoisotopic (exact) mass is 378 g/mol. The predicted octanol–water partition coefficient (Wildman–Crippen LogP) is 4.53. The molecule has 3 N–H and O–H groups in total. The Kier molecular flexibility index (Phi) is 3.37. The maximum atomic E-state index is 6.05. The van der Waals surface area contributed by atoms with Crippen LogP contribution in [-0.2, 0) is 0 Å². The summed E-state index contributed by atoms with van der Waals surface area (Å²) in [6.07, 6.45) is 3.26. The highest BCUT2D eigenvalue weighted by Crippen LogP contribution is 2.34. The topological polar surface area (TPSA) is 93.4 Å². The van der Waals surface area contributed by atoms with Crippen LogP contribution in [0.15, 0.2) is 48.8 Å². The van der Waals surface area contributed by atoms with Gasteiger partial charge in [0.1, 0.15) is 16.5 Å². The normalized spacial score (nSPS) is 11.4. The number of fused-ring (bicyclic) bond motifs is 2. The Morgan fingerprint density at radius 3 is 2.85 bits per heavy atom. The van der Waals surface area contributed by atoms with E-state index in [0.717, 1.165) is 10.6 Å². The molecule has 0 saturated heterocycles. The first-order valence-electron chi connectivity index (χ1n) is 7.81. The minimum absolute atomic E-state index is 0.312. The van der Waals surface area contributed by atoms with Gasteiger partial charge in [0, 0.05) is 17.0 Å². The summed E-state index contributed by atoms with van der Waals surface area (Å²) < 4.78 is 1.20. The van der Waals surface area contributed by atoms with E-state index >= 15 is 0 Å². The molecule has 126 valence electrons. The van der Waals surface area contributed by atoms with Crippen molar-refractivity contribution in [2.24, 2.45) is 0 Å². The smallest absolute Gasteiger partial charge is 0.165 e. The van der Waals surface area contributed by atoms with Gasteiger partial charge in [0.2, 0.25) is 0 Å². The number of rotatable bonds is 2. The van der Waals surface area contributed by atoms with Gasteiger partial charge < -0.3 is 10.7 Å². The molecule has 1 aromatic carbocycles. The number of nitrogens with one attached hydrogen (secondary N) is 1. The molecule has 6 nitrogen and oxygen atoms in total. The fourth-order valence-electron chi connectivity index (χ4n) is 2.86. The largest absolute Gasteiger partial charge is 0.384 e. The number of nitrogens with two attached hydrogens (primary N) is 1. The summed E-state index contributed by atoms with van der Waals surface area (Å²) in [5.74, 6) is 0.882. The zero-order chi connectivity index (χ0) is 17.7. The number of benzene rings is 1. The number of thiophene rings is 1. The SMILES string of the molecule is Nc1cc(-c2cc3ccccc3s2)nc(-c2c[nH]c3ncc(Cl)nc23)n1. The molecule has 5 rings (SSSR count). The van der Waals surface area contributed by atoms with Gasteiger partial charge in [-0.3, -0.25) is 0 Å². The van der Waals surface area contributed by atoms with Crippen LogP contribution < -0.4 is 5.73 Å². The Hall–Kier alpha value is -3.03. The molecule has 0 atom stereocenters. The van der Waals surface area contributed by atoms with Crippen molar-refractivity contribution in [3.05, 3.63) is 53.9 Å². The Balaban J connectivity index is 1.70. The number of nitrogens with zero attached hydrogens (tertiary/aromatic N) is 4. The molecule has 0 aliphatic carbocycles. The standard InChI is InChI=1S/C18H11ClN6S/c19-14-8-22-18-16(24-14)10(7-21-18)17-23-11(6-15(20)25-17)13-5-9-3-1-2-4-12(9)26-13/h1-8H,(H,21,22)(H2,20,23,25). The number of hydrogen-bond acceptors (Lipinski definition) is 6. The fourth-order valence-corrected chi connectivity index (χ4v) is 4.02. The Labute approximate surface area is 156 Å². The number of anilines is 1. The summed E-state index contributed by atoms with van der Waals surface area (Å²) >= 11 is 7.66. The molecule has 8 heteroatoms. The van der Waals surface area contributed by atoms with Crippen molar-refractivity contribution in [3.63, 3.8) is 0 Å². The fraction of sp³-hybridized carbons (Fsp3) is 0. The lowest BCUT2D eigenvalue weighted by molar-refractivity contribution is 1.19. The summed E-state index contributed by atoms with van der Waals surface area (Å²) in [5, 5.41) is 1.49. The van der Waals surface area contributed by atoms with Gasteiger partial charge in [-0.1, -0.05) is 29.8 Å². The number of halogens is 1. The zero-order valence-corrected chi connectivity index (χ0v) is 14.8. The molecule has 0 saturated carbocycles. The summed E-state index contributed by atoms with van der Waals surface area (Å²) in [5.41, 5.74) is 8.78. The first kappa shape index (κ1) is 15.2. The van der Waals surface area contributed by atoms with Crippen molar-refractivity contribution in [1.82, 2.24) is 24.9 Å². The molecule has 26 heavy (non-hydrogen) atoms. The Morgan fingerprint density at radius 1 is 1.08 bits per heavy atom. The maximum absolute atomic E-state index is 6.05. The van der Waals surface area contributed by atoms with Gasteiger partial charge in [-0.15, -0.1) is 11.3 Å². The van der Waals surface area contributed by atoms with E-state index in [0.29, 0.717) is 33.5 Å².